The van der Waals surface area contributed by atoms with Crippen LogP contribution in [0.4, 0.5) is 10.5 Å². The van der Waals surface area contributed by atoms with Crippen molar-refractivity contribution in [1.29, 1.82) is 0 Å². The number of carbonyl (C=O) groups is 2. The van der Waals surface area contributed by atoms with Crippen LogP contribution in [0.3, 0.4) is 0 Å². The Kier molecular flexibility index (Phi) is 6.36. The van der Waals surface area contributed by atoms with Crippen molar-refractivity contribution >= 4 is 17.6 Å². The summed E-state index contributed by atoms with van der Waals surface area (Å²) in [5.74, 6) is 0.476. The van der Waals surface area contributed by atoms with Gasteiger partial charge in [0.05, 0.1) is 18.4 Å². The van der Waals surface area contributed by atoms with Gasteiger partial charge in [0.1, 0.15) is 11.4 Å². The van der Waals surface area contributed by atoms with Crippen LogP contribution in [0.1, 0.15) is 15.9 Å². The average Bonchev–Trinajstić information content (AvgIpc) is 3.29. The zero-order chi connectivity index (χ0) is 23.2. The van der Waals surface area contributed by atoms with Crippen molar-refractivity contribution in [3.63, 3.8) is 0 Å². The van der Waals surface area contributed by atoms with Gasteiger partial charge in [0.15, 0.2) is 0 Å². The van der Waals surface area contributed by atoms with Crippen molar-refractivity contribution in [2.24, 2.45) is 5.73 Å². The van der Waals surface area contributed by atoms with E-state index in [2.05, 4.69) is 15.7 Å². The number of hydrogen-bond donors (Lipinski definition) is 3. The predicted octanol–water partition coefficient (Wildman–Crippen LogP) is 3.97. The number of amides is 3. The first-order chi connectivity index (χ1) is 16.0. The second kappa shape index (κ2) is 9.69. The van der Waals surface area contributed by atoms with E-state index in [0.29, 0.717) is 23.5 Å². The van der Waals surface area contributed by atoms with Crippen LogP contribution in [-0.4, -0.2) is 28.8 Å². The number of nitrogens with zero attached hydrogens (tertiary/aromatic N) is 2. The molecule has 0 unspecified atom stereocenters. The number of hydrogen-bond acceptors (Lipinski definition) is 4. The molecule has 166 valence electrons. The third-order valence-electron chi connectivity index (χ3n) is 5.02. The normalized spacial score (nSPS) is 10.5. The fraction of sp³-hybridized carbons (Fsp3) is 0.0800. The molecule has 0 atom stereocenters. The fourth-order valence-corrected chi connectivity index (χ4v) is 3.34. The molecule has 4 aromatic rings. The number of benzene rings is 3. The molecule has 0 fully saturated rings. The number of nitrogens with one attached hydrogen (secondary N) is 2. The maximum atomic E-state index is 13.1. The highest BCUT2D eigenvalue weighted by Crippen LogP contribution is 2.26. The second-order valence-electron chi connectivity index (χ2n) is 7.27. The molecule has 0 saturated carbocycles. The summed E-state index contributed by atoms with van der Waals surface area (Å²) in [5.41, 5.74) is 9.27. The number of carbonyl (C=O) groups excluding carboxylic acids is 2. The van der Waals surface area contributed by atoms with Gasteiger partial charge in [0.2, 0.25) is 0 Å². The molecule has 0 aliphatic carbocycles. The van der Waals surface area contributed by atoms with Crippen molar-refractivity contribution < 1.29 is 14.3 Å². The van der Waals surface area contributed by atoms with E-state index < -0.39 is 6.03 Å². The molecule has 0 radical (unpaired) electrons. The molecule has 8 nitrogen and oxygen atoms in total. The number of anilines is 1. The molecule has 0 aliphatic heterocycles. The zero-order valence-corrected chi connectivity index (χ0v) is 18.0. The van der Waals surface area contributed by atoms with E-state index in [1.807, 2.05) is 66.7 Å². The first kappa shape index (κ1) is 21.6. The summed E-state index contributed by atoms with van der Waals surface area (Å²) in [6.45, 7) is 0.314. The molecule has 8 heteroatoms. The maximum absolute atomic E-state index is 13.1. The van der Waals surface area contributed by atoms with Gasteiger partial charge >= 0.3 is 6.03 Å². The maximum Gasteiger partial charge on any atom is 0.316 e. The second-order valence-corrected chi connectivity index (χ2v) is 7.27. The molecule has 1 heterocycles. The Labute approximate surface area is 191 Å². The van der Waals surface area contributed by atoms with Crippen LogP contribution in [-0.2, 0) is 6.54 Å². The van der Waals surface area contributed by atoms with Gasteiger partial charge in [0, 0.05) is 24.0 Å². The molecule has 3 aromatic carbocycles. The zero-order valence-electron chi connectivity index (χ0n) is 18.0. The Morgan fingerprint density at radius 2 is 1.67 bits per heavy atom. The van der Waals surface area contributed by atoms with Gasteiger partial charge < -0.3 is 21.1 Å². The lowest BCUT2D eigenvalue weighted by Crippen LogP contribution is -2.23. The summed E-state index contributed by atoms with van der Waals surface area (Å²) < 4.78 is 6.93. The van der Waals surface area contributed by atoms with Crippen molar-refractivity contribution in [3.8, 4) is 22.7 Å². The van der Waals surface area contributed by atoms with E-state index in [9.17, 15) is 9.59 Å². The number of methoxy groups -OCH3 is 1. The van der Waals surface area contributed by atoms with Crippen LogP contribution in [0.5, 0.6) is 5.75 Å². The topological polar surface area (TPSA) is 111 Å². The molecule has 0 spiro atoms. The molecule has 1 aromatic heterocycles. The Bertz CT molecular complexity index is 1250. The fourth-order valence-electron chi connectivity index (χ4n) is 3.34. The minimum absolute atomic E-state index is 0.248. The molecule has 0 saturated heterocycles. The molecule has 4 N–H and O–H groups in total. The number of aromatic nitrogens is 2. The van der Waals surface area contributed by atoms with Gasteiger partial charge in [-0.25, -0.2) is 9.48 Å². The highest BCUT2D eigenvalue weighted by atomic mass is 16.5. The van der Waals surface area contributed by atoms with Crippen LogP contribution in [0.25, 0.3) is 16.9 Å². The summed E-state index contributed by atoms with van der Waals surface area (Å²) >= 11 is 0. The van der Waals surface area contributed by atoms with Gasteiger partial charge in [-0.2, -0.15) is 5.10 Å². The molecular formula is C25H23N5O3. The Morgan fingerprint density at radius 3 is 2.30 bits per heavy atom. The van der Waals surface area contributed by atoms with Crippen molar-refractivity contribution in [2.45, 2.75) is 6.54 Å². The van der Waals surface area contributed by atoms with Crippen LogP contribution in [0.15, 0.2) is 85.1 Å². The number of urea groups is 1. The molecule has 4 rings (SSSR count). The Balaban J connectivity index is 1.58. The number of primary amides is 1. The van der Waals surface area contributed by atoms with E-state index in [-0.39, 0.29) is 5.91 Å². The lowest BCUT2D eigenvalue weighted by atomic mass is 10.1. The Morgan fingerprint density at radius 1 is 0.970 bits per heavy atom. The highest BCUT2D eigenvalue weighted by Gasteiger charge is 2.18. The SMILES string of the molecule is COc1ccc(-c2nn(-c3ccccc3)cc2C(=O)NCc2ccc(NC(N)=O)cc2)cc1. The van der Waals surface area contributed by atoms with Gasteiger partial charge in [-0.1, -0.05) is 30.3 Å². The average molecular weight is 441 g/mol. The van der Waals surface area contributed by atoms with Crippen LogP contribution >= 0.6 is 0 Å². The quantitative estimate of drug-likeness (QED) is 0.403. The lowest BCUT2D eigenvalue weighted by molar-refractivity contribution is 0.0951. The molecule has 33 heavy (non-hydrogen) atoms. The van der Waals surface area contributed by atoms with Gasteiger partial charge in [0.25, 0.3) is 5.91 Å². The number of rotatable bonds is 7. The molecule has 0 bridgehead atoms. The van der Waals surface area contributed by atoms with Crippen LogP contribution in [0.2, 0.25) is 0 Å². The van der Waals surface area contributed by atoms with E-state index >= 15 is 0 Å². The van der Waals surface area contributed by atoms with E-state index in [4.69, 9.17) is 10.5 Å². The van der Waals surface area contributed by atoms with Crippen molar-refractivity contribution in [2.75, 3.05) is 12.4 Å². The van der Waals surface area contributed by atoms with Crippen LogP contribution in [0, 0.1) is 0 Å². The summed E-state index contributed by atoms with van der Waals surface area (Å²) in [6.07, 6.45) is 1.73. The minimum atomic E-state index is -0.627. The first-order valence-electron chi connectivity index (χ1n) is 10.3. The van der Waals surface area contributed by atoms with E-state index in [1.165, 1.54) is 0 Å². The number of para-hydroxylation sites is 1. The lowest BCUT2D eigenvalue weighted by Gasteiger charge is -2.07. The third-order valence-corrected chi connectivity index (χ3v) is 5.02. The van der Waals surface area contributed by atoms with E-state index in [0.717, 1.165) is 22.6 Å². The first-order valence-corrected chi connectivity index (χ1v) is 10.3. The van der Waals surface area contributed by atoms with Gasteiger partial charge in [-0.3, -0.25) is 4.79 Å². The van der Waals surface area contributed by atoms with Crippen molar-refractivity contribution in [3.05, 3.63) is 96.2 Å². The number of nitrogens with two attached hydrogens (primary N) is 1. The molecular weight excluding hydrogens is 418 g/mol. The van der Waals surface area contributed by atoms with E-state index in [1.54, 1.807) is 30.1 Å². The largest absolute Gasteiger partial charge is 0.497 e. The summed E-state index contributed by atoms with van der Waals surface area (Å²) in [4.78, 5) is 24.1. The Hall–Kier alpha value is -4.59. The van der Waals surface area contributed by atoms with Gasteiger partial charge in [-0.05, 0) is 54.1 Å². The van der Waals surface area contributed by atoms with Crippen molar-refractivity contribution in [1.82, 2.24) is 15.1 Å². The standard InChI is InChI=1S/C25H23N5O3/c1-33-21-13-9-18(10-14-21)23-22(16-30(29-23)20-5-3-2-4-6-20)24(31)27-15-17-7-11-19(12-8-17)28-25(26)32/h2-14,16H,15H2,1H3,(H,27,31)(H3,26,28,32). The van der Waals surface area contributed by atoms with Crippen LogP contribution < -0.4 is 21.1 Å². The summed E-state index contributed by atoms with van der Waals surface area (Å²) in [5, 5.41) is 10.1. The summed E-state index contributed by atoms with van der Waals surface area (Å²) in [6, 6.07) is 23.5. The smallest absolute Gasteiger partial charge is 0.316 e. The minimum Gasteiger partial charge on any atom is -0.497 e. The highest BCUT2D eigenvalue weighted by molar-refractivity contribution is 6.00. The monoisotopic (exact) mass is 441 g/mol. The molecule has 3 amide bonds. The molecule has 0 aliphatic rings. The van der Waals surface area contributed by atoms with Gasteiger partial charge in [-0.15, -0.1) is 0 Å². The third kappa shape index (κ3) is 5.19. The predicted molar refractivity (Wildman–Crippen MR) is 126 cm³/mol. The number of ether oxygens (including phenoxy) is 1. The summed E-state index contributed by atoms with van der Waals surface area (Å²) in [7, 11) is 1.61.